The summed E-state index contributed by atoms with van der Waals surface area (Å²) in [4.78, 5) is 53.1. The zero-order chi connectivity index (χ0) is 33.7. The van der Waals surface area contributed by atoms with E-state index < -0.39 is 48.4 Å². The number of nitrogens with one attached hydrogen (secondary N) is 2. The molecule has 0 spiro atoms. The maximum absolute atomic E-state index is 14.0. The van der Waals surface area contributed by atoms with Gasteiger partial charge in [-0.1, -0.05) is 30.3 Å². The monoisotopic (exact) mass is 651 g/mol. The zero-order valence-electron chi connectivity index (χ0n) is 26.9. The highest BCUT2D eigenvalue weighted by Crippen LogP contribution is 2.35. The van der Waals surface area contributed by atoms with E-state index in [4.69, 9.17) is 13.9 Å². The van der Waals surface area contributed by atoms with E-state index in [1.54, 1.807) is 43.9 Å². The number of hydrogen-bond acceptors (Lipinski definition) is 7. The van der Waals surface area contributed by atoms with Crippen molar-refractivity contribution in [3.05, 3.63) is 65.9 Å². The molecule has 5 rings (SSSR count). The number of alkyl halides is 1. The first-order valence-electron chi connectivity index (χ1n) is 16.0. The van der Waals surface area contributed by atoms with Gasteiger partial charge in [0.25, 0.3) is 0 Å². The molecule has 3 amide bonds. The summed E-state index contributed by atoms with van der Waals surface area (Å²) >= 11 is 0. The minimum absolute atomic E-state index is 0.143. The van der Waals surface area contributed by atoms with Gasteiger partial charge in [0, 0.05) is 23.5 Å². The fourth-order valence-corrected chi connectivity index (χ4v) is 6.46. The van der Waals surface area contributed by atoms with Crippen molar-refractivity contribution in [1.29, 1.82) is 0 Å². The number of carboxylic acid groups (broad SMARTS) is 1. The molecule has 11 nitrogen and oxygen atoms in total. The standard InChI is InChI=1S/C35H42FN3O8/c1-35(2,3)47-34(44)38-26(19-36)22-9-11-23(12-10-22)32(41)39-16-15-28(45-20-21-7-5-4-6-8-21)30(39)31(40)37-25-13-14-27-24(17-25)18-29(46-27)33(42)43/h4-8,13-14,17-18,22-23,26,28,30H,9-12,15-16,19-20H2,1-3H3,(H,37,40)(H,38,44)(H,42,43)/t22?,23?,26-,28-,30-/m1/s1. The summed E-state index contributed by atoms with van der Waals surface area (Å²) in [5.74, 6) is -2.47. The summed E-state index contributed by atoms with van der Waals surface area (Å²) in [6, 6.07) is 14.2. The second kappa shape index (κ2) is 14.5. The molecule has 2 aliphatic rings. The van der Waals surface area contributed by atoms with Crippen LogP contribution in [0.3, 0.4) is 0 Å². The van der Waals surface area contributed by atoms with Gasteiger partial charge in [-0.25, -0.2) is 14.0 Å². The highest BCUT2D eigenvalue weighted by Gasteiger charge is 2.45. The number of carbonyl (C=O) groups is 4. The van der Waals surface area contributed by atoms with Crippen molar-refractivity contribution in [1.82, 2.24) is 10.2 Å². The molecular weight excluding hydrogens is 609 g/mol. The van der Waals surface area contributed by atoms with Crippen LogP contribution in [0.5, 0.6) is 0 Å². The fraction of sp³-hybridized carbons (Fsp3) is 0.486. The molecule has 12 heteroatoms. The van der Waals surface area contributed by atoms with Crippen LogP contribution in [0.15, 0.2) is 59.0 Å². The molecule has 1 saturated carbocycles. The molecule has 0 bridgehead atoms. The fourth-order valence-electron chi connectivity index (χ4n) is 6.46. The van der Waals surface area contributed by atoms with Crippen molar-refractivity contribution in [2.75, 3.05) is 18.5 Å². The average molecular weight is 652 g/mol. The lowest BCUT2D eigenvalue weighted by molar-refractivity contribution is -0.144. The van der Waals surface area contributed by atoms with Gasteiger partial charge in [-0.15, -0.1) is 0 Å². The van der Waals surface area contributed by atoms with Gasteiger partial charge in [-0.2, -0.15) is 0 Å². The smallest absolute Gasteiger partial charge is 0.407 e. The number of likely N-dealkylation sites (tertiary alicyclic amines) is 1. The SMILES string of the molecule is CC(C)(C)OC(=O)N[C@H](CF)C1CCC(C(=O)N2CC[C@@H](OCc3ccccc3)[C@@H]2C(=O)Nc2ccc3oc(C(=O)O)cc3c2)CC1. The molecule has 1 aliphatic carbocycles. The Morgan fingerprint density at radius 2 is 1.74 bits per heavy atom. The van der Waals surface area contributed by atoms with Gasteiger partial charge < -0.3 is 34.5 Å². The molecule has 1 aromatic heterocycles. The van der Waals surface area contributed by atoms with Crippen LogP contribution in [-0.2, 0) is 25.7 Å². The molecule has 2 heterocycles. The minimum Gasteiger partial charge on any atom is -0.475 e. The van der Waals surface area contributed by atoms with E-state index in [9.17, 15) is 28.7 Å². The molecule has 252 valence electrons. The normalized spacial score (nSPS) is 22.1. The molecule has 3 aromatic rings. The van der Waals surface area contributed by atoms with Crippen LogP contribution in [0.1, 0.15) is 69.0 Å². The molecule has 2 fully saturated rings. The number of carbonyl (C=O) groups excluding carboxylic acids is 3. The molecule has 47 heavy (non-hydrogen) atoms. The number of amides is 3. The Morgan fingerprint density at radius 1 is 1.02 bits per heavy atom. The highest BCUT2D eigenvalue weighted by atomic mass is 19.1. The van der Waals surface area contributed by atoms with E-state index in [1.807, 2.05) is 30.3 Å². The number of benzene rings is 2. The lowest BCUT2D eigenvalue weighted by atomic mass is 9.78. The van der Waals surface area contributed by atoms with Crippen LogP contribution >= 0.6 is 0 Å². The number of furan rings is 1. The van der Waals surface area contributed by atoms with Crippen LogP contribution in [-0.4, -0.2) is 70.9 Å². The molecule has 2 aromatic carbocycles. The number of anilines is 1. The number of hydrogen-bond donors (Lipinski definition) is 3. The first-order valence-corrected chi connectivity index (χ1v) is 16.0. The number of fused-ring (bicyclic) bond motifs is 1. The summed E-state index contributed by atoms with van der Waals surface area (Å²) < 4.78 is 30.8. The second-order valence-corrected chi connectivity index (χ2v) is 13.3. The molecule has 3 N–H and O–H groups in total. The van der Waals surface area contributed by atoms with Crippen molar-refractivity contribution in [2.24, 2.45) is 11.8 Å². The first kappa shape index (κ1) is 33.9. The van der Waals surface area contributed by atoms with Crippen molar-refractivity contribution < 1.29 is 42.6 Å². The Kier molecular flexibility index (Phi) is 10.5. The van der Waals surface area contributed by atoms with Crippen LogP contribution in [0.4, 0.5) is 14.9 Å². The Hall–Kier alpha value is -4.45. The van der Waals surface area contributed by atoms with E-state index in [1.165, 1.54) is 6.07 Å². The second-order valence-electron chi connectivity index (χ2n) is 13.3. The molecule has 3 atom stereocenters. The number of alkyl carbamates (subject to hydrolysis) is 1. The van der Waals surface area contributed by atoms with Crippen molar-refractivity contribution in [3.63, 3.8) is 0 Å². The number of carboxylic acids is 1. The maximum atomic E-state index is 14.0. The van der Waals surface area contributed by atoms with Gasteiger partial charge in [0.2, 0.25) is 17.6 Å². The lowest BCUT2D eigenvalue weighted by Gasteiger charge is -2.35. The summed E-state index contributed by atoms with van der Waals surface area (Å²) in [6.07, 6.45) is 1.34. The maximum Gasteiger partial charge on any atom is 0.407 e. The number of halogens is 1. The third-order valence-corrected chi connectivity index (χ3v) is 8.75. The van der Waals surface area contributed by atoms with Crippen molar-refractivity contribution in [2.45, 2.75) is 83.3 Å². The first-order chi connectivity index (χ1) is 22.4. The van der Waals surface area contributed by atoms with E-state index >= 15 is 0 Å². The largest absolute Gasteiger partial charge is 0.475 e. The molecular formula is C35H42FN3O8. The van der Waals surface area contributed by atoms with Crippen LogP contribution in [0, 0.1) is 11.8 Å². The number of rotatable bonds is 10. The van der Waals surface area contributed by atoms with E-state index in [0.717, 1.165) is 5.56 Å². The zero-order valence-corrected chi connectivity index (χ0v) is 26.9. The Labute approximate surface area is 272 Å². The summed E-state index contributed by atoms with van der Waals surface area (Å²) in [7, 11) is 0. The van der Waals surface area contributed by atoms with E-state index in [0.29, 0.717) is 55.3 Å². The molecule has 1 saturated heterocycles. The predicted octanol–water partition coefficient (Wildman–Crippen LogP) is 5.93. The molecule has 0 radical (unpaired) electrons. The summed E-state index contributed by atoms with van der Waals surface area (Å²) in [5, 5.41) is 15.3. The van der Waals surface area contributed by atoms with E-state index in [2.05, 4.69) is 10.6 Å². The van der Waals surface area contributed by atoms with Gasteiger partial charge in [0.15, 0.2) is 0 Å². The quantitative estimate of drug-likeness (QED) is 0.245. The van der Waals surface area contributed by atoms with E-state index in [-0.39, 0.29) is 30.1 Å². The number of aromatic carboxylic acids is 1. The van der Waals surface area contributed by atoms with Gasteiger partial charge in [0.05, 0.1) is 18.8 Å². The Balaban J connectivity index is 1.27. The molecule has 0 unspecified atom stereocenters. The van der Waals surface area contributed by atoms with Gasteiger partial charge >= 0.3 is 12.1 Å². The van der Waals surface area contributed by atoms with Gasteiger partial charge in [-0.3, -0.25) is 9.59 Å². The van der Waals surface area contributed by atoms with Crippen LogP contribution in [0.2, 0.25) is 0 Å². The third kappa shape index (κ3) is 8.48. The Bertz CT molecular complexity index is 1580. The minimum atomic E-state index is -1.20. The van der Waals surface area contributed by atoms with Crippen LogP contribution in [0.25, 0.3) is 11.0 Å². The van der Waals surface area contributed by atoms with Crippen molar-refractivity contribution >= 4 is 40.5 Å². The van der Waals surface area contributed by atoms with Crippen LogP contribution < -0.4 is 10.6 Å². The summed E-state index contributed by atoms with van der Waals surface area (Å²) in [6.45, 7) is 5.10. The predicted molar refractivity (Wildman–Crippen MR) is 172 cm³/mol. The van der Waals surface area contributed by atoms with Gasteiger partial charge in [-0.05, 0) is 88.6 Å². The Morgan fingerprint density at radius 3 is 2.40 bits per heavy atom. The van der Waals surface area contributed by atoms with Gasteiger partial charge in [0.1, 0.15) is 23.9 Å². The summed E-state index contributed by atoms with van der Waals surface area (Å²) in [5.41, 5.74) is 1.04. The number of ether oxygens (including phenoxy) is 2. The molecule has 1 aliphatic heterocycles. The van der Waals surface area contributed by atoms with Crippen molar-refractivity contribution in [3.8, 4) is 0 Å². The highest BCUT2D eigenvalue weighted by molar-refractivity contribution is 6.00. The topological polar surface area (TPSA) is 147 Å². The number of nitrogens with zero attached hydrogens (tertiary/aromatic N) is 1. The third-order valence-electron chi connectivity index (χ3n) is 8.75. The average Bonchev–Trinajstić information content (AvgIpc) is 3.67. The lowest BCUT2D eigenvalue weighted by Crippen LogP contribution is -2.51.